The molecule has 0 bridgehead atoms. The predicted molar refractivity (Wildman–Crippen MR) is 121 cm³/mol. The molecule has 0 N–H and O–H groups in total. The van der Waals surface area contributed by atoms with Crippen LogP contribution in [0.15, 0.2) is 24.3 Å². The molecular weight excluding hydrogens is 352 g/mol. The van der Waals surface area contributed by atoms with E-state index in [1.807, 2.05) is 0 Å². The van der Waals surface area contributed by atoms with Gasteiger partial charge in [0.1, 0.15) is 0 Å². The van der Waals surface area contributed by atoms with Gasteiger partial charge in [0.15, 0.2) is 0 Å². The lowest BCUT2D eigenvalue weighted by molar-refractivity contribution is 0.0970. The van der Waals surface area contributed by atoms with Crippen molar-refractivity contribution in [2.45, 2.75) is 66.7 Å². The lowest BCUT2D eigenvalue weighted by Crippen LogP contribution is -2.47. The zero-order chi connectivity index (χ0) is 18.9. The Bertz CT molecular complexity index is 584. The van der Waals surface area contributed by atoms with Gasteiger partial charge in [0.2, 0.25) is 0 Å². The van der Waals surface area contributed by atoms with Gasteiger partial charge in [0, 0.05) is 38.4 Å². The Hall–Kier alpha value is -0.730. The van der Waals surface area contributed by atoms with Crippen LogP contribution in [0.3, 0.4) is 0 Å². The molecule has 2 fully saturated rings. The maximum absolute atomic E-state index is 2.65. The normalized spacial score (nSPS) is 23.3. The second-order valence-corrected chi connectivity index (χ2v) is 10.9. The van der Waals surface area contributed by atoms with E-state index in [4.69, 9.17) is 0 Å². The Morgan fingerprint density at radius 2 is 1.48 bits per heavy atom. The minimum atomic E-state index is 0. The Morgan fingerprint density at radius 1 is 0.926 bits per heavy atom. The molecule has 1 aliphatic heterocycles. The molecule has 27 heavy (non-hydrogen) atoms. The predicted octanol–water partition coefficient (Wildman–Crippen LogP) is 6.21. The summed E-state index contributed by atoms with van der Waals surface area (Å²) < 4.78 is 0. The molecule has 0 unspecified atom stereocenters. The second-order valence-electron chi connectivity index (χ2n) is 10.9. The van der Waals surface area contributed by atoms with Crippen LogP contribution in [0, 0.1) is 16.7 Å². The van der Waals surface area contributed by atoms with E-state index in [-0.39, 0.29) is 12.4 Å². The first-order valence-corrected chi connectivity index (χ1v) is 10.7. The fraction of sp³-hybridized carbons (Fsp3) is 0.750. The highest BCUT2D eigenvalue weighted by atomic mass is 35.5. The lowest BCUT2D eigenvalue weighted by atomic mass is 9.60. The van der Waals surface area contributed by atoms with E-state index in [2.05, 4.69) is 75.6 Å². The number of hydrogen-bond acceptors (Lipinski definition) is 2. The molecule has 3 rings (SSSR count). The summed E-state index contributed by atoms with van der Waals surface area (Å²) in [6, 6.07) is 9.28. The highest BCUT2D eigenvalue weighted by Gasteiger charge is 2.39. The van der Waals surface area contributed by atoms with Crippen LogP contribution in [-0.4, -0.2) is 37.6 Å². The molecule has 0 amide bonds. The molecule has 154 valence electrons. The van der Waals surface area contributed by atoms with E-state index >= 15 is 0 Å². The Kier molecular flexibility index (Phi) is 7.30. The number of para-hydroxylation sites is 1. The monoisotopic (exact) mass is 392 g/mol. The summed E-state index contributed by atoms with van der Waals surface area (Å²) in [4.78, 5) is 5.29. The van der Waals surface area contributed by atoms with Crippen molar-refractivity contribution in [3.63, 3.8) is 0 Å². The van der Waals surface area contributed by atoms with Crippen LogP contribution in [-0.2, 0) is 0 Å². The van der Waals surface area contributed by atoms with E-state index in [0.29, 0.717) is 16.7 Å². The maximum atomic E-state index is 2.65. The van der Waals surface area contributed by atoms with Crippen molar-refractivity contribution < 1.29 is 0 Å². The van der Waals surface area contributed by atoms with Crippen molar-refractivity contribution in [3.8, 4) is 0 Å². The number of anilines is 1. The fourth-order valence-electron chi connectivity index (χ4n) is 5.87. The summed E-state index contributed by atoms with van der Waals surface area (Å²) in [6.45, 7) is 20.5. The van der Waals surface area contributed by atoms with Crippen LogP contribution in [0.5, 0.6) is 0 Å². The molecule has 2 nitrogen and oxygen atoms in total. The molecule has 1 aliphatic carbocycles. The minimum absolute atomic E-state index is 0. The zero-order valence-electron chi connectivity index (χ0n) is 18.4. The average Bonchev–Trinajstić information content (AvgIpc) is 2.52. The molecular formula is C24H41ClN2. The summed E-state index contributed by atoms with van der Waals surface area (Å²) in [5.41, 5.74) is 3.99. The summed E-state index contributed by atoms with van der Waals surface area (Å²) in [5, 5.41) is 0. The molecule has 1 heterocycles. The van der Waals surface area contributed by atoms with Crippen LogP contribution in [0.4, 0.5) is 5.69 Å². The fourth-order valence-corrected chi connectivity index (χ4v) is 5.87. The number of nitrogens with zero attached hydrogens (tertiary/aromatic N) is 2. The van der Waals surface area contributed by atoms with Gasteiger partial charge in [-0.1, -0.05) is 59.7 Å². The van der Waals surface area contributed by atoms with Crippen LogP contribution in [0.2, 0.25) is 0 Å². The zero-order valence-corrected chi connectivity index (χ0v) is 19.2. The van der Waals surface area contributed by atoms with Crippen molar-refractivity contribution in [3.05, 3.63) is 29.8 Å². The third-order valence-corrected chi connectivity index (χ3v) is 6.27. The topological polar surface area (TPSA) is 6.48 Å². The van der Waals surface area contributed by atoms with Gasteiger partial charge in [-0.15, -0.1) is 12.4 Å². The SMILES string of the molecule is CC(C)CN1CCN(c2ccccc2C2CC(C)(C)CC(C)(C)C2)CC1.Cl. The summed E-state index contributed by atoms with van der Waals surface area (Å²) >= 11 is 0. The molecule has 0 atom stereocenters. The van der Waals surface area contributed by atoms with Gasteiger partial charge in [0.05, 0.1) is 0 Å². The van der Waals surface area contributed by atoms with Crippen molar-refractivity contribution >= 4 is 18.1 Å². The van der Waals surface area contributed by atoms with Crippen molar-refractivity contribution in [2.24, 2.45) is 16.7 Å². The quantitative estimate of drug-likeness (QED) is 0.601. The van der Waals surface area contributed by atoms with Crippen LogP contribution in [0.1, 0.15) is 72.3 Å². The summed E-state index contributed by atoms with van der Waals surface area (Å²) in [7, 11) is 0. The molecule has 0 spiro atoms. The van der Waals surface area contributed by atoms with Crippen LogP contribution in [0.25, 0.3) is 0 Å². The number of piperazine rings is 1. The van der Waals surface area contributed by atoms with Gasteiger partial charge in [-0.3, -0.25) is 4.90 Å². The van der Waals surface area contributed by atoms with Gasteiger partial charge in [-0.2, -0.15) is 0 Å². The summed E-state index contributed by atoms with van der Waals surface area (Å²) in [5.74, 6) is 1.46. The number of hydrogen-bond donors (Lipinski definition) is 0. The van der Waals surface area contributed by atoms with Crippen molar-refractivity contribution in [2.75, 3.05) is 37.6 Å². The van der Waals surface area contributed by atoms with E-state index in [9.17, 15) is 0 Å². The molecule has 2 aliphatic rings. The van der Waals surface area contributed by atoms with Crippen LogP contribution >= 0.6 is 12.4 Å². The Morgan fingerprint density at radius 3 is 2.04 bits per heavy atom. The highest BCUT2D eigenvalue weighted by molar-refractivity contribution is 5.85. The van der Waals surface area contributed by atoms with Crippen molar-refractivity contribution in [1.29, 1.82) is 0 Å². The Labute approximate surface area is 174 Å². The largest absolute Gasteiger partial charge is 0.369 e. The minimum Gasteiger partial charge on any atom is -0.369 e. The van der Waals surface area contributed by atoms with E-state index < -0.39 is 0 Å². The average molecular weight is 393 g/mol. The maximum Gasteiger partial charge on any atom is 0.0402 e. The molecule has 0 aromatic heterocycles. The number of rotatable bonds is 4. The molecule has 3 heteroatoms. The van der Waals surface area contributed by atoms with E-state index in [1.54, 1.807) is 5.56 Å². The van der Waals surface area contributed by atoms with Crippen LogP contribution < -0.4 is 4.90 Å². The number of halogens is 1. The lowest BCUT2D eigenvalue weighted by Gasteiger charge is -2.46. The first-order valence-electron chi connectivity index (χ1n) is 10.7. The van der Waals surface area contributed by atoms with Gasteiger partial charge < -0.3 is 4.90 Å². The molecule has 1 saturated heterocycles. The van der Waals surface area contributed by atoms with Gasteiger partial charge in [-0.05, 0) is 53.6 Å². The molecule has 1 aromatic rings. The summed E-state index contributed by atoms with van der Waals surface area (Å²) in [6.07, 6.45) is 3.98. The van der Waals surface area contributed by atoms with Gasteiger partial charge in [-0.25, -0.2) is 0 Å². The third-order valence-electron chi connectivity index (χ3n) is 6.27. The molecule has 1 aromatic carbocycles. The molecule has 1 saturated carbocycles. The molecule has 0 radical (unpaired) electrons. The standard InChI is InChI=1S/C24H40N2.ClH/c1-19(2)17-25-11-13-26(14-12-25)22-10-8-7-9-21(22)20-15-23(3,4)18-24(5,6)16-20;/h7-10,19-20H,11-18H2,1-6H3;1H. The van der Waals surface area contributed by atoms with E-state index in [0.717, 1.165) is 5.92 Å². The van der Waals surface area contributed by atoms with Gasteiger partial charge in [0.25, 0.3) is 0 Å². The highest BCUT2D eigenvalue weighted by Crippen LogP contribution is 2.53. The third kappa shape index (κ3) is 5.87. The smallest absolute Gasteiger partial charge is 0.0402 e. The number of benzene rings is 1. The van der Waals surface area contributed by atoms with Gasteiger partial charge >= 0.3 is 0 Å². The first kappa shape index (κ1) is 22.6. The van der Waals surface area contributed by atoms with Crippen molar-refractivity contribution in [1.82, 2.24) is 4.90 Å². The van der Waals surface area contributed by atoms with E-state index in [1.165, 1.54) is 57.7 Å². The second kappa shape index (κ2) is 8.74. The Balaban J connectivity index is 0.00000261. The first-order chi connectivity index (χ1) is 12.2.